The fraction of sp³-hybridized carbons (Fsp3) is 1.00. The van der Waals surface area contributed by atoms with Crippen molar-refractivity contribution in [2.24, 2.45) is 11.5 Å². The third-order valence-corrected chi connectivity index (χ3v) is 1.32. The van der Waals surface area contributed by atoms with Gasteiger partial charge in [-0.3, -0.25) is 0 Å². The van der Waals surface area contributed by atoms with Crippen LogP contribution in [0.25, 0.3) is 0 Å². The number of hydrogen-bond acceptors (Lipinski definition) is 4. The first kappa shape index (κ1) is 19.8. The van der Waals surface area contributed by atoms with Gasteiger partial charge in [-0.1, -0.05) is 27.7 Å². The van der Waals surface area contributed by atoms with Crippen LogP contribution in [0.15, 0.2) is 0 Å². The van der Waals surface area contributed by atoms with E-state index in [-0.39, 0.29) is 29.0 Å². The molecule has 4 N–H and O–H groups in total. The number of nitrogens with two attached hydrogens (primary N) is 2. The summed E-state index contributed by atoms with van der Waals surface area (Å²) in [4.78, 5) is 0. The second kappa shape index (κ2) is 8.54. The van der Waals surface area contributed by atoms with Gasteiger partial charge in [0.05, 0.1) is 0 Å². The molecule has 0 heterocycles. The molecule has 0 atom stereocenters. The molecule has 2 nitrogen and oxygen atoms in total. The molecule has 0 fully saturated rings. The van der Waals surface area contributed by atoms with Crippen LogP contribution in [0.1, 0.15) is 27.7 Å². The van der Waals surface area contributed by atoms with Gasteiger partial charge in [0.15, 0.2) is 0 Å². The van der Waals surface area contributed by atoms with Gasteiger partial charge in [0.1, 0.15) is 0 Å². The van der Waals surface area contributed by atoms with Crippen molar-refractivity contribution >= 4 is 25.3 Å². The molecule has 0 spiro atoms. The van der Waals surface area contributed by atoms with E-state index in [2.05, 4.69) is 0 Å². The Bertz CT molecular complexity index is 93.7. The Kier molecular flexibility index (Phi) is 13.0. The van der Waals surface area contributed by atoms with Crippen molar-refractivity contribution in [2.45, 2.75) is 37.2 Å². The molecule has 5 heteroatoms. The van der Waals surface area contributed by atoms with Gasteiger partial charge in [-0.2, -0.15) is 0 Å². The molecular formula is C8H20N2S2Zn-2. The Hall–Kier alpha value is 1.24. The molecular weight excluding hydrogens is 254 g/mol. The van der Waals surface area contributed by atoms with Gasteiger partial charge in [-0.25, -0.2) is 0 Å². The summed E-state index contributed by atoms with van der Waals surface area (Å²) in [7, 11) is 0. The summed E-state index contributed by atoms with van der Waals surface area (Å²) in [5.74, 6) is 0. The third-order valence-electron chi connectivity index (χ3n) is 0.983. The molecule has 0 aliphatic heterocycles. The molecule has 0 amide bonds. The van der Waals surface area contributed by atoms with Crippen LogP contribution in [0.4, 0.5) is 0 Å². The van der Waals surface area contributed by atoms with Crippen molar-refractivity contribution in [3.8, 4) is 0 Å². The molecule has 0 aromatic heterocycles. The van der Waals surface area contributed by atoms with Crippen LogP contribution in [0.2, 0.25) is 0 Å². The predicted molar refractivity (Wildman–Crippen MR) is 61.0 cm³/mol. The van der Waals surface area contributed by atoms with Crippen LogP contribution in [-0.2, 0) is 44.7 Å². The van der Waals surface area contributed by atoms with Gasteiger partial charge >= 0.3 is 0 Å². The summed E-state index contributed by atoms with van der Waals surface area (Å²) >= 11 is 9.72. The van der Waals surface area contributed by atoms with Crippen LogP contribution in [0, 0.1) is 0 Å². The fourth-order valence-electron chi connectivity index (χ4n) is 0. The first-order valence-corrected chi connectivity index (χ1v) is 4.75. The van der Waals surface area contributed by atoms with Gasteiger partial charge in [0, 0.05) is 19.5 Å². The summed E-state index contributed by atoms with van der Waals surface area (Å²) in [5.41, 5.74) is 10.4. The van der Waals surface area contributed by atoms with Crippen LogP contribution in [0.5, 0.6) is 0 Å². The van der Waals surface area contributed by atoms with Crippen molar-refractivity contribution in [1.82, 2.24) is 0 Å². The van der Waals surface area contributed by atoms with Crippen LogP contribution in [0.3, 0.4) is 0 Å². The zero-order valence-electron chi connectivity index (χ0n) is 9.09. The van der Waals surface area contributed by atoms with Crippen LogP contribution >= 0.6 is 0 Å². The van der Waals surface area contributed by atoms with E-state index < -0.39 is 0 Å². The molecule has 0 radical (unpaired) electrons. The molecule has 0 bridgehead atoms. The molecule has 0 aliphatic rings. The Labute approximate surface area is 106 Å². The van der Waals surface area contributed by atoms with Crippen LogP contribution in [-0.4, -0.2) is 22.6 Å². The Morgan fingerprint density at radius 3 is 0.923 bits per heavy atom. The molecule has 0 aromatic carbocycles. The molecule has 78 valence electrons. The van der Waals surface area contributed by atoms with Crippen molar-refractivity contribution < 1.29 is 19.5 Å². The van der Waals surface area contributed by atoms with Gasteiger partial charge in [-0.05, 0) is 13.1 Å². The summed E-state index contributed by atoms with van der Waals surface area (Å²) in [5, 5.41) is 0. The maximum absolute atomic E-state index is 5.20. The van der Waals surface area contributed by atoms with E-state index in [0.717, 1.165) is 0 Å². The van der Waals surface area contributed by atoms with Crippen molar-refractivity contribution in [3.63, 3.8) is 0 Å². The molecule has 0 aliphatic carbocycles. The summed E-state index contributed by atoms with van der Waals surface area (Å²) in [6.07, 6.45) is 0. The Morgan fingerprint density at radius 2 is 0.923 bits per heavy atom. The van der Waals surface area contributed by atoms with E-state index in [1.807, 2.05) is 27.7 Å². The largest absolute Gasteiger partial charge is 0.785 e. The molecule has 0 rings (SSSR count). The van der Waals surface area contributed by atoms with Gasteiger partial charge < -0.3 is 36.7 Å². The first-order valence-electron chi connectivity index (χ1n) is 3.93. The predicted octanol–water partition coefficient (Wildman–Crippen LogP) is 0.539. The van der Waals surface area contributed by atoms with Gasteiger partial charge in [0.25, 0.3) is 0 Å². The minimum atomic E-state index is -0.0972. The Balaban J connectivity index is -0.000000143. The van der Waals surface area contributed by atoms with Crippen molar-refractivity contribution in [1.29, 1.82) is 0 Å². The van der Waals surface area contributed by atoms with Crippen molar-refractivity contribution in [2.75, 3.05) is 13.1 Å². The minimum absolute atomic E-state index is 0. The average Bonchev–Trinajstić information content (AvgIpc) is 1.86. The van der Waals surface area contributed by atoms with E-state index in [9.17, 15) is 0 Å². The van der Waals surface area contributed by atoms with Gasteiger partial charge in [-0.15, -0.1) is 9.49 Å². The zero-order valence-corrected chi connectivity index (χ0v) is 13.7. The topological polar surface area (TPSA) is 52.0 Å². The Morgan fingerprint density at radius 1 is 0.846 bits per heavy atom. The second-order valence-electron chi connectivity index (χ2n) is 3.93. The third kappa shape index (κ3) is 31.9. The fourth-order valence-corrected chi connectivity index (χ4v) is 0. The standard InChI is InChI=1S/2C4H11NS.Zn/c2*1-4(2,6)3-5;/h2*6H,3,5H2,1-2H3;/p-2. The van der Waals surface area contributed by atoms with Crippen molar-refractivity contribution in [3.05, 3.63) is 0 Å². The van der Waals surface area contributed by atoms with E-state index in [1.165, 1.54) is 0 Å². The van der Waals surface area contributed by atoms with E-state index in [4.69, 9.17) is 36.7 Å². The molecule has 0 unspecified atom stereocenters. The average molecular weight is 274 g/mol. The van der Waals surface area contributed by atoms with E-state index in [1.54, 1.807) is 0 Å². The maximum Gasteiger partial charge on any atom is 0 e. The van der Waals surface area contributed by atoms with Gasteiger partial charge in [0.2, 0.25) is 0 Å². The number of rotatable bonds is 2. The monoisotopic (exact) mass is 272 g/mol. The molecule has 0 aromatic rings. The first-order chi connectivity index (χ1) is 5.12. The maximum atomic E-state index is 5.20. The van der Waals surface area contributed by atoms with Crippen LogP contribution < -0.4 is 11.5 Å². The number of hydrogen-bond donors (Lipinski definition) is 2. The summed E-state index contributed by atoms with van der Waals surface area (Å²) in [6, 6.07) is 0. The normalized spacial score (nSPS) is 11.1. The van der Waals surface area contributed by atoms with E-state index in [0.29, 0.717) is 13.1 Å². The molecule has 0 saturated heterocycles. The summed E-state index contributed by atoms with van der Waals surface area (Å²) in [6.45, 7) is 8.90. The molecule has 0 saturated carbocycles. The van der Waals surface area contributed by atoms with E-state index >= 15 is 0 Å². The smallest absolute Gasteiger partial charge is 0 e. The molecule has 13 heavy (non-hydrogen) atoms. The quantitative estimate of drug-likeness (QED) is 0.570. The second-order valence-corrected chi connectivity index (χ2v) is 6.14. The zero-order chi connectivity index (χ0) is 10.4. The summed E-state index contributed by atoms with van der Waals surface area (Å²) < 4.78 is -0.194. The minimum Gasteiger partial charge on any atom is -0.785 e. The SMILES string of the molecule is CC(C)([S-])CN.CC(C)([S-])CN.[Zn].